The third kappa shape index (κ3) is 7.31. The Morgan fingerprint density at radius 2 is 1.81 bits per heavy atom. The van der Waals surface area contributed by atoms with E-state index in [1.165, 1.54) is 17.7 Å². The molecule has 5 rings (SSSR count). The number of amides is 2. The van der Waals surface area contributed by atoms with E-state index in [4.69, 9.17) is 0 Å². The minimum atomic E-state index is -0.271. The van der Waals surface area contributed by atoms with E-state index in [2.05, 4.69) is 21.8 Å². The number of rotatable bonds is 7. The van der Waals surface area contributed by atoms with Crippen LogP contribution in [0.1, 0.15) is 53.6 Å². The van der Waals surface area contributed by atoms with Crippen molar-refractivity contribution in [3.63, 3.8) is 0 Å². The quantitative estimate of drug-likeness (QED) is 0.452. The number of likely N-dealkylation sites (tertiary alicyclic amines) is 1. The lowest BCUT2D eigenvalue weighted by Gasteiger charge is -2.32. The molecular formula is C27H32Cl2FN5O2. The van der Waals surface area contributed by atoms with Crippen LogP contribution in [0.2, 0.25) is 0 Å². The van der Waals surface area contributed by atoms with Crippen LogP contribution in [0.25, 0.3) is 0 Å². The van der Waals surface area contributed by atoms with Gasteiger partial charge in [-0.15, -0.1) is 24.8 Å². The van der Waals surface area contributed by atoms with Crippen molar-refractivity contribution in [1.29, 1.82) is 0 Å². The fourth-order valence-corrected chi connectivity index (χ4v) is 4.82. The topological polar surface area (TPSA) is 79.3 Å². The predicted octanol–water partition coefficient (Wildman–Crippen LogP) is 4.62. The van der Waals surface area contributed by atoms with Crippen LogP contribution >= 0.6 is 24.8 Å². The maximum absolute atomic E-state index is 13.1. The molecular weight excluding hydrogens is 516 g/mol. The molecule has 37 heavy (non-hydrogen) atoms. The van der Waals surface area contributed by atoms with Gasteiger partial charge in [0.05, 0.1) is 18.4 Å². The van der Waals surface area contributed by atoms with E-state index in [1.54, 1.807) is 36.1 Å². The number of anilines is 1. The average Bonchev–Trinajstić information content (AvgIpc) is 3.49. The van der Waals surface area contributed by atoms with Gasteiger partial charge in [0.2, 0.25) is 5.91 Å². The fraction of sp³-hybridized carbons (Fsp3) is 0.370. The van der Waals surface area contributed by atoms with Gasteiger partial charge in [0.15, 0.2) is 0 Å². The summed E-state index contributed by atoms with van der Waals surface area (Å²) in [5.74, 6) is 0.123. The number of benzene rings is 2. The number of hydrogen-bond donors (Lipinski definition) is 2. The molecule has 2 atom stereocenters. The van der Waals surface area contributed by atoms with Gasteiger partial charge in [-0.1, -0.05) is 24.3 Å². The first-order valence-electron chi connectivity index (χ1n) is 12.1. The number of carbonyl (C=O) groups is 2. The van der Waals surface area contributed by atoms with Gasteiger partial charge in [-0.2, -0.15) is 5.10 Å². The van der Waals surface area contributed by atoms with E-state index in [0.717, 1.165) is 37.9 Å². The van der Waals surface area contributed by atoms with Crippen molar-refractivity contribution in [3.8, 4) is 0 Å². The molecule has 1 saturated carbocycles. The molecule has 10 heteroatoms. The summed E-state index contributed by atoms with van der Waals surface area (Å²) in [4.78, 5) is 26.3. The van der Waals surface area contributed by atoms with Crippen LogP contribution in [0.15, 0.2) is 60.9 Å². The summed E-state index contributed by atoms with van der Waals surface area (Å²) in [5, 5.41) is 11.0. The fourth-order valence-electron chi connectivity index (χ4n) is 4.82. The van der Waals surface area contributed by atoms with Crippen molar-refractivity contribution in [3.05, 3.63) is 83.4 Å². The second kappa shape index (κ2) is 12.5. The van der Waals surface area contributed by atoms with E-state index < -0.39 is 0 Å². The summed E-state index contributed by atoms with van der Waals surface area (Å²) >= 11 is 0. The highest BCUT2D eigenvalue weighted by molar-refractivity contribution is 6.04. The summed E-state index contributed by atoms with van der Waals surface area (Å²) in [7, 11) is 0. The van der Waals surface area contributed by atoms with Gasteiger partial charge in [0.1, 0.15) is 5.82 Å². The number of nitrogens with zero attached hydrogens (tertiary/aromatic N) is 3. The van der Waals surface area contributed by atoms with E-state index >= 15 is 0 Å². The van der Waals surface area contributed by atoms with Crippen LogP contribution in [-0.2, 0) is 11.3 Å². The first-order chi connectivity index (χ1) is 16.9. The molecule has 1 aromatic heterocycles. The lowest BCUT2D eigenvalue weighted by Crippen LogP contribution is -2.45. The molecule has 2 amide bonds. The van der Waals surface area contributed by atoms with Crippen molar-refractivity contribution in [2.75, 3.05) is 18.4 Å². The molecule has 2 unspecified atom stereocenters. The van der Waals surface area contributed by atoms with Gasteiger partial charge >= 0.3 is 0 Å². The largest absolute Gasteiger partial charge is 0.343 e. The first kappa shape index (κ1) is 28.6. The van der Waals surface area contributed by atoms with Crippen molar-refractivity contribution in [1.82, 2.24) is 20.0 Å². The van der Waals surface area contributed by atoms with Crippen molar-refractivity contribution >= 4 is 42.3 Å². The monoisotopic (exact) mass is 547 g/mol. The molecule has 2 N–H and O–H groups in total. The Hall–Kier alpha value is -2.94. The van der Waals surface area contributed by atoms with Gasteiger partial charge in [0.25, 0.3) is 5.91 Å². The third-order valence-corrected chi connectivity index (χ3v) is 6.91. The molecule has 198 valence electrons. The molecule has 2 aromatic carbocycles. The standard InChI is InChI=1S/C27H30FN5O2.2ClH/c1-18(34)32-11-9-23(10-12-32)30-26-14-25(26)20-3-2-4-21(13-20)27(35)31-24-15-29-33(17-24)16-19-5-7-22(28)8-6-19;;/h2-8,13,15,17,23,25-26,30H,9-12,14,16H2,1H3,(H,31,35);2*1H. The molecule has 7 nitrogen and oxygen atoms in total. The zero-order valence-corrected chi connectivity index (χ0v) is 22.2. The van der Waals surface area contributed by atoms with Crippen LogP contribution < -0.4 is 10.6 Å². The molecule has 0 bridgehead atoms. The Morgan fingerprint density at radius 3 is 2.51 bits per heavy atom. The SMILES string of the molecule is CC(=O)N1CCC(NC2CC2c2cccc(C(=O)Nc3cnn(Cc4ccc(F)cc4)c3)c2)CC1.Cl.Cl. The first-order valence-corrected chi connectivity index (χ1v) is 12.1. The van der Waals surface area contributed by atoms with Gasteiger partial charge in [-0.25, -0.2) is 4.39 Å². The van der Waals surface area contributed by atoms with Crippen LogP contribution in [0.3, 0.4) is 0 Å². The van der Waals surface area contributed by atoms with E-state index in [1.807, 2.05) is 23.1 Å². The number of aromatic nitrogens is 2. The second-order valence-electron chi connectivity index (χ2n) is 9.53. The lowest BCUT2D eigenvalue weighted by atomic mass is 10.0. The summed E-state index contributed by atoms with van der Waals surface area (Å²) in [6.07, 6.45) is 6.42. The van der Waals surface area contributed by atoms with Gasteiger partial charge in [0, 0.05) is 49.8 Å². The smallest absolute Gasteiger partial charge is 0.255 e. The molecule has 2 aliphatic rings. The predicted molar refractivity (Wildman–Crippen MR) is 146 cm³/mol. The van der Waals surface area contributed by atoms with Crippen molar-refractivity contribution in [2.24, 2.45) is 0 Å². The number of piperidine rings is 1. The maximum Gasteiger partial charge on any atom is 0.255 e. The summed E-state index contributed by atoms with van der Waals surface area (Å²) < 4.78 is 14.8. The Morgan fingerprint density at radius 1 is 1.08 bits per heavy atom. The number of hydrogen-bond acceptors (Lipinski definition) is 4. The Kier molecular flexibility index (Phi) is 9.70. The molecule has 0 radical (unpaired) electrons. The normalized spacial score (nSPS) is 18.9. The summed E-state index contributed by atoms with van der Waals surface area (Å²) in [5.41, 5.74) is 3.33. The molecule has 1 saturated heterocycles. The highest BCUT2D eigenvalue weighted by Gasteiger charge is 2.40. The third-order valence-electron chi connectivity index (χ3n) is 6.91. The Labute approximate surface area is 228 Å². The molecule has 0 spiro atoms. The molecule has 3 aromatic rings. The van der Waals surface area contributed by atoms with E-state index in [9.17, 15) is 14.0 Å². The number of carbonyl (C=O) groups excluding carboxylic acids is 2. The molecule has 2 heterocycles. The van der Waals surface area contributed by atoms with Crippen LogP contribution in [0.4, 0.5) is 10.1 Å². The average molecular weight is 548 g/mol. The van der Waals surface area contributed by atoms with Crippen LogP contribution in [-0.4, -0.2) is 51.7 Å². The molecule has 1 aliphatic carbocycles. The number of halogens is 3. The Balaban J connectivity index is 0.00000190. The molecule has 1 aliphatic heterocycles. The minimum Gasteiger partial charge on any atom is -0.343 e. The van der Waals surface area contributed by atoms with Gasteiger partial charge in [-0.3, -0.25) is 14.3 Å². The van der Waals surface area contributed by atoms with Crippen LogP contribution in [0, 0.1) is 5.82 Å². The zero-order valence-electron chi connectivity index (χ0n) is 20.6. The van der Waals surface area contributed by atoms with Crippen molar-refractivity contribution < 1.29 is 14.0 Å². The summed E-state index contributed by atoms with van der Waals surface area (Å²) in [6.45, 7) is 3.77. The minimum absolute atomic E-state index is 0. The molecule has 2 fully saturated rings. The maximum atomic E-state index is 13.1. The number of nitrogens with one attached hydrogen (secondary N) is 2. The Bertz CT molecular complexity index is 1210. The van der Waals surface area contributed by atoms with Gasteiger partial charge in [-0.05, 0) is 54.7 Å². The zero-order chi connectivity index (χ0) is 24.4. The second-order valence-corrected chi connectivity index (χ2v) is 9.53. The van der Waals surface area contributed by atoms with E-state index in [-0.39, 0.29) is 42.4 Å². The van der Waals surface area contributed by atoms with E-state index in [0.29, 0.717) is 35.8 Å². The highest BCUT2D eigenvalue weighted by Crippen LogP contribution is 2.41. The van der Waals surface area contributed by atoms with Gasteiger partial charge < -0.3 is 15.5 Å². The highest BCUT2D eigenvalue weighted by atomic mass is 35.5. The summed E-state index contributed by atoms with van der Waals surface area (Å²) in [6, 6.07) is 15.0. The van der Waals surface area contributed by atoms with Crippen molar-refractivity contribution in [2.45, 2.75) is 50.7 Å². The van der Waals surface area contributed by atoms with Crippen LogP contribution in [0.5, 0.6) is 0 Å². The lowest BCUT2D eigenvalue weighted by molar-refractivity contribution is -0.129.